The number of hydrogen-bond acceptors (Lipinski definition) is 0. The first-order chi connectivity index (χ1) is 38.1. The predicted octanol–water partition coefficient (Wildman–Crippen LogP) is 9.43. The summed E-state index contributed by atoms with van der Waals surface area (Å²) in [5.41, 5.74) is 0. The summed E-state index contributed by atoms with van der Waals surface area (Å²) >= 11 is 0. The fourth-order valence-electron chi connectivity index (χ4n) is 8.58. The van der Waals surface area contributed by atoms with E-state index >= 15 is 0 Å². The Morgan fingerprint density at radius 2 is 0.432 bits per heavy atom. The second kappa shape index (κ2) is 38.3. The van der Waals surface area contributed by atoms with Crippen molar-refractivity contribution in [2.75, 3.05) is 0 Å². The third-order valence-electron chi connectivity index (χ3n) is 12.9. The quantitative estimate of drug-likeness (QED) is 0.115. The molecule has 0 saturated carbocycles. The van der Waals surface area contributed by atoms with Gasteiger partial charge in [-0.2, -0.15) is 70.1 Å². The molecule has 0 atom stereocenters. The molecule has 0 spiro atoms. The Labute approximate surface area is 537 Å². The van der Waals surface area contributed by atoms with Gasteiger partial charge in [0.25, 0.3) is 0 Å². The van der Waals surface area contributed by atoms with Crippen molar-refractivity contribution < 1.29 is 76.5 Å². The predicted molar refractivity (Wildman–Crippen MR) is 344 cm³/mol. The summed E-state index contributed by atoms with van der Waals surface area (Å²) in [5, 5.41) is 19.3. The molecule has 0 bridgehead atoms. The SMILES string of the molecule is C[Si](c1ccccc1)c1ccccc1.C[Si](c1ccccc1)c1ccccc1.[Cl-].[Cl-].[Hf+4].[Hf].c1ccc([Si]c2ccccc2)cc1.c1ccc2[cH-]ccc2c1.c1ccc2[cH-]ccc2c1.c1ccc2[cH-]ccc2c1.c1ccc2[cH-]ccc2c1. The van der Waals surface area contributed by atoms with Crippen molar-refractivity contribution in [1.29, 1.82) is 0 Å². The molecule has 0 aliphatic heterocycles. The molecule has 0 heterocycles. The van der Waals surface area contributed by atoms with Crippen LogP contribution in [-0.4, -0.2) is 27.1 Å². The van der Waals surface area contributed by atoms with Crippen molar-refractivity contribution >= 4 is 101 Å². The molecule has 7 heteroatoms. The smallest absolute Gasteiger partial charge is 1.00 e. The monoisotopic (exact) mass is 1470 g/mol. The number of halogens is 2. The molecule has 0 fully saturated rings. The topological polar surface area (TPSA) is 0 Å². The molecule has 14 aromatic carbocycles. The molecular formula is C74H64Cl2Hf2Si3-2. The molecule has 0 nitrogen and oxygen atoms in total. The fourth-order valence-corrected chi connectivity index (χ4v) is 13.1. The minimum Gasteiger partial charge on any atom is -1.00 e. The molecule has 0 amide bonds. The third-order valence-corrected chi connectivity index (χ3v) is 18.9. The number of benzene rings is 10. The van der Waals surface area contributed by atoms with Crippen LogP contribution in [0.25, 0.3) is 43.1 Å². The summed E-state index contributed by atoms with van der Waals surface area (Å²) in [6.45, 7) is 4.69. The van der Waals surface area contributed by atoms with Crippen LogP contribution >= 0.6 is 0 Å². The molecule has 0 aromatic heterocycles. The van der Waals surface area contributed by atoms with Gasteiger partial charge in [0.05, 0.1) is 0 Å². The Morgan fingerprint density at radius 3 is 0.642 bits per heavy atom. The Kier molecular flexibility index (Phi) is 31.8. The van der Waals surface area contributed by atoms with Gasteiger partial charge in [-0.1, -0.05) is 250 Å². The van der Waals surface area contributed by atoms with E-state index in [1.165, 1.54) is 74.2 Å². The number of fused-ring (bicyclic) bond motifs is 4. The van der Waals surface area contributed by atoms with Crippen LogP contribution in [0.2, 0.25) is 13.1 Å². The van der Waals surface area contributed by atoms with Crippen molar-refractivity contribution in [3.05, 3.63) is 352 Å². The van der Waals surface area contributed by atoms with Crippen molar-refractivity contribution in [2.45, 2.75) is 13.1 Å². The number of rotatable bonds is 6. The molecule has 14 rings (SSSR count). The van der Waals surface area contributed by atoms with E-state index in [4.69, 9.17) is 0 Å². The van der Waals surface area contributed by atoms with Crippen molar-refractivity contribution in [3.8, 4) is 0 Å². The van der Waals surface area contributed by atoms with Gasteiger partial charge in [0.1, 0.15) is 27.1 Å². The van der Waals surface area contributed by atoms with E-state index in [1.807, 2.05) is 0 Å². The van der Waals surface area contributed by atoms with Crippen LogP contribution < -0.4 is 55.9 Å². The second-order valence-corrected chi connectivity index (χ2v) is 24.4. The largest absolute Gasteiger partial charge is 4.00 e. The minimum absolute atomic E-state index is 0. The first-order valence-corrected chi connectivity index (χ1v) is 31.2. The Morgan fingerprint density at radius 1 is 0.247 bits per heavy atom. The maximum absolute atomic E-state index is 2.34. The third kappa shape index (κ3) is 22.5. The van der Waals surface area contributed by atoms with Gasteiger partial charge in [0.15, 0.2) is 0 Å². The van der Waals surface area contributed by atoms with Crippen LogP contribution in [0.3, 0.4) is 0 Å². The van der Waals surface area contributed by atoms with Crippen molar-refractivity contribution in [2.24, 2.45) is 0 Å². The molecule has 14 aromatic rings. The van der Waals surface area contributed by atoms with E-state index in [2.05, 4.69) is 365 Å². The van der Waals surface area contributed by atoms with Crippen molar-refractivity contribution in [3.63, 3.8) is 0 Å². The van der Waals surface area contributed by atoms with Gasteiger partial charge >= 0.3 is 25.8 Å². The Balaban J connectivity index is 0.000000203. The van der Waals surface area contributed by atoms with Gasteiger partial charge in [-0.25, -0.2) is 0 Å². The summed E-state index contributed by atoms with van der Waals surface area (Å²) in [5.74, 6) is 0. The van der Waals surface area contributed by atoms with E-state index in [0.717, 1.165) is 9.52 Å². The van der Waals surface area contributed by atoms with Crippen LogP contribution in [0, 0.1) is 0 Å². The molecule has 0 aliphatic rings. The van der Waals surface area contributed by atoms with Gasteiger partial charge in [0, 0.05) is 25.8 Å². The van der Waals surface area contributed by atoms with Crippen LogP contribution in [0.4, 0.5) is 0 Å². The average Bonchev–Trinajstić information content (AvgIpc) is 4.38. The molecule has 396 valence electrons. The first-order valence-electron chi connectivity index (χ1n) is 26.2. The Bertz CT molecular complexity index is 3190. The number of hydrogen-bond donors (Lipinski definition) is 0. The molecule has 0 aliphatic carbocycles. The zero-order valence-corrected chi connectivity index (χ0v) is 57.4. The standard InChI is InChI=1S/2C13H13Si.C12H10Si.4C9H7.2ClH.2Hf/c2*1-14(12-8-4-2-5-9-12)13-10-6-3-7-11-13;1-3-7-11(8-4-1)13-12-9-5-2-6-10-12;4*1-2-5-9-7-3-6-8(9)4-1;;;;/h2*2-11H,1H3;1-10H;4*1-7H;2*1H;;/q;;;4*-1;;;;+4/p-2. The van der Waals surface area contributed by atoms with Gasteiger partial charge in [-0.15, -0.1) is 119 Å². The molecule has 0 saturated heterocycles. The zero-order valence-electron chi connectivity index (χ0n) is 45.7. The normalized spacial score (nSPS) is 9.73. The summed E-state index contributed by atoms with van der Waals surface area (Å²) in [6.07, 6.45) is 0. The first kappa shape index (κ1) is 67.1. The molecule has 0 N–H and O–H groups in total. The molecular weight excluding hydrogens is 1400 g/mol. The summed E-state index contributed by atoms with van der Waals surface area (Å²) in [4.78, 5) is 0. The molecule has 4 radical (unpaired) electrons. The second-order valence-electron chi connectivity index (χ2n) is 18.2. The van der Waals surface area contributed by atoms with Crippen LogP contribution in [0.5, 0.6) is 0 Å². The van der Waals surface area contributed by atoms with Gasteiger partial charge < -0.3 is 24.8 Å². The van der Waals surface area contributed by atoms with E-state index in [9.17, 15) is 0 Å². The van der Waals surface area contributed by atoms with E-state index in [1.54, 1.807) is 0 Å². The van der Waals surface area contributed by atoms with Crippen LogP contribution in [0.1, 0.15) is 0 Å². The van der Waals surface area contributed by atoms with Gasteiger partial charge in [0.2, 0.25) is 0 Å². The van der Waals surface area contributed by atoms with E-state index in [0.29, 0.717) is 0 Å². The summed E-state index contributed by atoms with van der Waals surface area (Å²) < 4.78 is 0. The van der Waals surface area contributed by atoms with Crippen molar-refractivity contribution in [1.82, 2.24) is 0 Å². The molecule has 81 heavy (non-hydrogen) atoms. The Hall–Kier alpha value is -6.39. The summed E-state index contributed by atoms with van der Waals surface area (Å²) in [7, 11) is -0.313. The van der Waals surface area contributed by atoms with E-state index < -0.39 is 17.6 Å². The van der Waals surface area contributed by atoms with E-state index in [-0.39, 0.29) is 76.5 Å². The maximum atomic E-state index is 2.34. The minimum atomic E-state index is -0.545. The zero-order chi connectivity index (χ0) is 53.0. The molecule has 0 unspecified atom stereocenters. The maximum Gasteiger partial charge on any atom is 4.00 e. The fraction of sp³-hybridized carbons (Fsp3) is 0.0270. The average molecular weight is 1470 g/mol. The van der Waals surface area contributed by atoms with Gasteiger partial charge in [-0.05, 0) is 0 Å². The van der Waals surface area contributed by atoms with Gasteiger partial charge in [-0.3, -0.25) is 0 Å². The summed E-state index contributed by atoms with van der Waals surface area (Å²) in [6, 6.07) is 123. The van der Waals surface area contributed by atoms with Crippen LogP contribution in [-0.2, 0) is 51.7 Å². The van der Waals surface area contributed by atoms with Crippen LogP contribution in [0.15, 0.2) is 352 Å².